The van der Waals surface area contributed by atoms with Crippen molar-refractivity contribution >= 4 is 17.1 Å². The molecule has 1 saturated heterocycles. The van der Waals surface area contributed by atoms with Crippen LogP contribution in [-0.4, -0.2) is 37.1 Å². The lowest BCUT2D eigenvalue weighted by Crippen LogP contribution is -2.44. The second-order valence-corrected chi connectivity index (χ2v) is 5.64. The Morgan fingerprint density at radius 3 is 2.67 bits per heavy atom. The molecule has 3 rings (SSSR count). The fourth-order valence-electron chi connectivity index (χ4n) is 2.70. The van der Waals surface area contributed by atoms with Crippen LogP contribution in [0.25, 0.3) is 0 Å². The van der Waals surface area contributed by atoms with Gasteiger partial charge in [-0.3, -0.25) is 10.1 Å². The summed E-state index contributed by atoms with van der Waals surface area (Å²) in [6, 6.07) is 1.88. The number of anilines is 2. The Kier molecular flexibility index (Phi) is 3.67. The summed E-state index contributed by atoms with van der Waals surface area (Å²) in [4.78, 5) is 12.7. The third-order valence-electron chi connectivity index (χ3n) is 4.02. The minimum absolute atomic E-state index is 0.110. The molecule has 0 atom stereocenters. The highest BCUT2D eigenvalue weighted by molar-refractivity contribution is 5.73. The van der Waals surface area contributed by atoms with E-state index in [9.17, 15) is 14.5 Å². The molecule has 2 aliphatic rings. The summed E-state index contributed by atoms with van der Waals surface area (Å²) in [7, 11) is 0. The molecule has 6 nitrogen and oxygen atoms in total. The van der Waals surface area contributed by atoms with E-state index in [-0.39, 0.29) is 17.3 Å². The van der Waals surface area contributed by atoms with Crippen LogP contribution in [0.15, 0.2) is 6.07 Å². The van der Waals surface area contributed by atoms with Crippen molar-refractivity contribution in [3.05, 3.63) is 27.6 Å². The maximum atomic E-state index is 14.5. The number of nitrogens with one attached hydrogen (secondary N) is 2. The molecule has 1 aromatic carbocycles. The van der Waals surface area contributed by atoms with Gasteiger partial charge < -0.3 is 15.5 Å². The summed E-state index contributed by atoms with van der Waals surface area (Å²) in [6.45, 7) is 4.48. The van der Waals surface area contributed by atoms with Gasteiger partial charge in [-0.15, -0.1) is 0 Å². The topological polar surface area (TPSA) is 70.4 Å². The number of nitrogens with zero attached hydrogens (tertiary/aromatic N) is 2. The molecule has 1 aliphatic heterocycles. The normalized spacial score (nSPS) is 18.7. The van der Waals surface area contributed by atoms with Crippen molar-refractivity contribution in [2.75, 3.05) is 36.4 Å². The third-order valence-corrected chi connectivity index (χ3v) is 4.02. The van der Waals surface area contributed by atoms with Gasteiger partial charge in [0.1, 0.15) is 5.69 Å². The summed E-state index contributed by atoms with van der Waals surface area (Å²) in [6.07, 6.45) is 2.02. The summed E-state index contributed by atoms with van der Waals surface area (Å²) < 4.78 is 14.5. The monoisotopic (exact) mass is 294 g/mol. The molecule has 0 radical (unpaired) electrons. The van der Waals surface area contributed by atoms with E-state index in [0.29, 0.717) is 24.5 Å². The highest BCUT2D eigenvalue weighted by atomic mass is 19.1. The molecule has 21 heavy (non-hydrogen) atoms. The van der Waals surface area contributed by atoms with Crippen LogP contribution >= 0.6 is 0 Å². The van der Waals surface area contributed by atoms with Gasteiger partial charge in [-0.05, 0) is 25.8 Å². The molecule has 1 saturated carbocycles. The van der Waals surface area contributed by atoms with Gasteiger partial charge in [-0.25, -0.2) is 4.39 Å². The van der Waals surface area contributed by atoms with Gasteiger partial charge in [0, 0.05) is 32.2 Å². The van der Waals surface area contributed by atoms with Crippen molar-refractivity contribution in [2.24, 2.45) is 0 Å². The maximum absolute atomic E-state index is 14.5. The Balaban J connectivity index is 2.03. The van der Waals surface area contributed by atoms with Crippen molar-refractivity contribution in [1.82, 2.24) is 5.32 Å². The molecule has 1 heterocycles. The average Bonchev–Trinajstić information content (AvgIpc) is 3.27. The van der Waals surface area contributed by atoms with Crippen LogP contribution in [0.3, 0.4) is 0 Å². The van der Waals surface area contributed by atoms with Gasteiger partial charge in [-0.1, -0.05) is 0 Å². The summed E-state index contributed by atoms with van der Waals surface area (Å²) >= 11 is 0. The van der Waals surface area contributed by atoms with E-state index >= 15 is 0 Å². The molecule has 0 bridgehead atoms. The minimum atomic E-state index is -0.495. The number of nitro groups is 1. The fourth-order valence-corrected chi connectivity index (χ4v) is 2.70. The Morgan fingerprint density at radius 2 is 2.10 bits per heavy atom. The van der Waals surface area contributed by atoms with Crippen LogP contribution in [0.1, 0.15) is 18.4 Å². The first-order valence-electron chi connectivity index (χ1n) is 7.27. The molecule has 1 aromatic rings. The first-order valence-corrected chi connectivity index (χ1v) is 7.27. The summed E-state index contributed by atoms with van der Waals surface area (Å²) in [5.74, 6) is -0.482. The van der Waals surface area contributed by atoms with Gasteiger partial charge in [0.15, 0.2) is 5.82 Å². The molecule has 0 unspecified atom stereocenters. The molecule has 2 N–H and O–H groups in total. The van der Waals surface area contributed by atoms with Gasteiger partial charge in [0.25, 0.3) is 5.69 Å². The highest BCUT2D eigenvalue weighted by Gasteiger charge is 2.30. The predicted octanol–water partition coefficient (Wildman–Crippen LogP) is 2.03. The van der Waals surface area contributed by atoms with Gasteiger partial charge >= 0.3 is 0 Å². The second-order valence-electron chi connectivity index (χ2n) is 5.64. The largest absolute Gasteiger partial charge is 0.377 e. The highest BCUT2D eigenvalue weighted by Crippen LogP contribution is 2.39. The lowest BCUT2D eigenvalue weighted by molar-refractivity contribution is -0.384. The molecule has 0 spiro atoms. The smallest absolute Gasteiger partial charge is 0.298 e. The lowest BCUT2D eigenvalue weighted by Gasteiger charge is -2.30. The predicted molar refractivity (Wildman–Crippen MR) is 79.5 cm³/mol. The van der Waals surface area contributed by atoms with E-state index in [1.165, 1.54) is 6.92 Å². The summed E-state index contributed by atoms with van der Waals surface area (Å²) in [5, 5.41) is 17.6. The van der Waals surface area contributed by atoms with E-state index in [1.807, 2.05) is 4.90 Å². The van der Waals surface area contributed by atoms with E-state index in [1.54, 1.807) is 6.07 Å². The van der Waals surface area contributed by atoms with E-state index in [2.05, 4.69) is 10.6 Å². The number of hydrogen-bond acceptors (Lipinski definition) is 5. The first-order chi connectivity index (χ1) is 10.1. The van der Waals surface area contributed by atoms with Crippen LogP contribution in [0.5, 0.6) is 0 Å². The Morgan fingerprint density at radius 1 is 1.43 bits per heavy atom. The second kappa shape index (κ2) is 5.48. The molecule has 0 amide bonds. The third kappa shape index (κ3) is 2.78. The molecular formula is C14H19FN4O2. The zero-order valence-corrected chi connectivity index (χ0v) is 12.0. The summed E-state index contributed by atoms with van der Waals surface area (Å²) in [5.41, 5.74) is 0.871. The van der Waals surface area contributed by atoms with Crippen molar-refractivity contribution in [1.29, 1.82) is 0 Å². The number of halogens is 1. The van der Waals surface area contributed by atoms with Gasteiger partial charge in [0.05, 0.1) is 16.2 Å². The minimum Gasteiger partial charge on any atom is -0.377 e. The van der Waals surface area contributed by atoms with Crippen LogP contribution in [-0.2, 0) is 0 Å². The molecule has 114 valence electrons. The molecule has 1 aliphatic carbocycles. The number of piperazine rings is 1. The average molecular weight is 294 g/mol. The number of rotatable bonds is 4. The van der Waals surface area contributed by atoms with Crippen LogP contribution in [0, 0.1) is 22.9 Å². The van der Waals surface area contributed by atoms with Crippen molar-refractivity contribution in [3.8, 4) is 0 Å². The Hall–Kier alpha value is -1.89. The standard InChI is InChI=1S/C14H19FN4O2/c1-9-13(15)12(18-6-4-16-5-7-18)8-11(14(9)19(20)21)17-10-2-3-10/h8,10,16-17H,2-7H2,1H3. The van der Waals surface area contributed by atoms with Crippen molar-refractivity contribution in [3.63, 3.8) is 0 Å². The quantitative estimate of drug-likeness (QED) is 0.657. The van der Waals surface area contributed by atoms with E-state index < -0.39 is 10.7 Å². The van der Waals surface area contributed by atoms with Crippen LogP contribution < -0.4 is 15.5 Å². The molecular weight excluding hydrogens is 275 g/mol. The van der Waals surface area contributed by atoms with Crippen molar-refractivity contribution < 1.29 is 9.31 Å². The Labute approximate surface area is 122 Å². The van der Waals surface area contributed by atoms with Gasteiger partial charge in [-0.2, -0.15) is 0 Å². The van der Waals surface area contributed by atoms with Crippen LogP contribution in [0.2, 0.25) is 0 Å². The van der Waals surface area contributed by atoms with E-state index in [4.69, 9.17) is 0 Å². The maximum Gasteiger partial charge on any atom is 0.298 e. The van der Waals surface area contributed by atoms with Gasteiger partial charge in [0.2, 0.25) is 0 Å². The van der Waals surface area contributed by atoms with Crippen LogP contribution in [0.4, 0.5) is 21.5 Å². The first kappa shape index (κ1) is 14.1. The zero-order chi connectivity index (χ0) is 15.0. The molecule has 2 fully saturated rings. The fraction of sp³-hybridized carbons (Fsp3) is 0.571. The van der Waals surface area contributed by atoms with E-state index in [0.717, 1.165) is 25.9 Å². The number of benzene rings is 1. The van der Waals surface area contributed by atoms with Crippen molar-refractivity contribution in [2.45, 2.75) is 25.8 Å². The lowest BCUT2D eigenvalue weighted by atomic mass is 10.1. The molecule has 7 heteroatoms. The Bertz CT molecular complexity index is 569. The number of nitro benzene ring substituents is 1. The zero-order valence-electron chi connectivity index (χ0n) is 12.0. The number of hydrogen-bond donors (Lipinski definition) is 2. The SMILES string of the molecule is Cc1c(F)c(N2CCNCC2)cc(NC2CC2)c1[N+](=O)[O-]. The molecule has 0 aromatic heterocycles.